The van der Waals surface area contributed by atoms with Crippen molar-refractivity contribution in [2.45, 2.75) is 18.8 Å². The first-order valence-corrected chi connectivity index (χ1v) is 8.20. The number of halogens is 3. The molecule has 6 heteroatoms. The standard InChI is InChI=1S/C11H7BrClIN2S/c12-7-4-3-6(17-7)11-15-9(5-1-2-5)8(14)10(13)16-11/h3-5H,1-2H2. The Hall–Kier alpha value is 0.280. The predicted molar refractivity (Wildman–Crippen MR) is 82.7 cm³/mol. The monoisotopic (exact) mass is 440 g/mol. The Balaban J connectivity index is 2.11. The quantitative estimate of drug-likeness (QED) is 0.479. The van der Waals surface area contributed by atoms with E-state index < -0.39 is 0 Å². The van der Waals surface area contributed by atoms with Crippen LogP contribution < -0.4 is 0 Å². The first kappa shape index (κ1) is 12.3. The molecule has 0 aromatic carbocycles. The van der Waals surface area contributed by atoms with Gasteiger partial charge in [0.05, 0.1) is 17.9 Å². The maximum Gasteiger partial charge on any atom is 0.171 e. The lowest BCUT2D eigenvalue weighted by Crippen LogP contribution is -1.98. The third kappa shape index (κ3) is 2.52. The summed E-state index contributed by atoms with van der Waals surface area (Å²) in [6.45, 7) is 0. The molecule has 1 fully saturated rings. The van der Waals surface area contributed by atoms with Gasteiger partial charge in [0.2, 0.25) is 0 Å². The Morgan fingerprint density at radius 2 is 2.12 bits per heavy atom. The molecule has 0 atom stereocenters. The fourth-order valence-electron chi connectivity index (χ4n) is 1.61. The summed E-state index contributed by atoms with van der Waals surface area (Å²) in [4.78, 5) is 10.1. The average molecular weight is 442 g/mol. The highest BCUT2D eigenvalue weighted by molar-refractivity contribution is 14.1. The molecule has 0 radical (unpaired) electrons. The first-order chi connectivity index (χ1) is 8.15. The van der Waals surface area contributed by atoms with Crippen molar-refractivity contribution in [2.24, 2.45) is 0 Å². The first-order valence-electron chi connectivity index (χ1n) is 5.14. The van der Waals surface area contributed by atoms with Crippen LogP contribution in [-0.2, 0) is 0 Å². The van der Waals surface area contributed by atoms with Crippen molar-refractivity contribution in [1.82, 2.24) is 9.97 Å². The third-order valence-corrected chi connectivity index (χ3v) is 5.87. The molecule has 0 spiro atoms. The van der Waals surface area contributed by atoms with Crippen molar-refractivity contribution in [3.8, 4) is 10.7 Å². The SMILES string of the molecule is Clc1nc(-c2ccc(Br)s2)nc(C2CC2)c1I. The van der Waals surface area contributed by atoms with Crippen LogP contribution in [0.3, 0.4) is 0 Å². The molecule has 0 unspecified atom stereocenters. The molecule has 3 rings (SSSR count). The summed E-state index contributed by atoms with van der Waals surface area (Å²) in [6.07, 6.45) is 2.44. The number of thiophene rings is 1. The Bertz CT molecular complexity index is 583. The van der Waals surface area contributed by atoms with E-state index in [2.05, 4.69) is 48.5 Å². The minimum Gasteiger partial charge on any atom is -0.231 e. The molecule has 1 aliphatic carbocycles. The molecule has 2 nitrogen and oxygen atoms in total. The number of nitrogens with zero attached hydrogens (tertiary/aromatic N) is 2. The third-order valence-electron chi connectivity index (χ3n) is 2.59. The Kier molecular flexibility index (Phi) is 3.44. The summed E-state index contributed by atoms with van der Waals surface area (Å²) in [6, 6.07) is 4.02. The van der Waals surface area contributed by atoms with Crippen LogP contribution in [0.5, 0.6) is 0 Å². The lowest BCUT2D eigenvalue weighted by Gasteiger charge is -2.05. The van der Waals surface area contributed by atoms with E-state index in [9.17, 15) is 0 Å². The molecule has 1 saturated carbocycles. The van der Waals surface area contributed by atoms with E-state index in [-0.39, 0.29) is 0 Å². The van der Waals surface area contributed by atoms with E-state index >= 15 is 0 Å². The largest absolute Gasteiger partial charge is 0.231 e. The Morgan fingerprint density at radius 3 is 2.71 bits per heavy atom. The zero-order valence-corrected chi connectivity index (χ0v) is 13.9. The molecule has 88 valence electrons. The van der Waals surface area contributed by atoms with Crippen molar-refractivity contribution in [1.29, 1.82) is 0 Å². The minimum absolute atomic E-state index is 0.571. The molecule has 2 aromatic rings. The summed E-state index contributed by atoms with van der Waals surface area (Å²) in [5, 5.41) is 0.571. The number of rotatable bonds is 2. The highest BCUT2D eigenvalue weighted by Gasteiger charge is 2.29. The summed E-state index contributed by atoms with van der Waals surface area (Å²) in [7, 11) is 0. The highest BCUT2D eigenvalue weighted by Crippen LogP contribution is 2.43. The topological polar surface area (TPSA) is 25.8 Å². The normalized spacial score (nSPS) is 15.2. The van der Waals surface area contributed by atoms with Crippen LogP contribution in [0.4, 0.5) is 0 Å². The van der Waals surface area contributed by atoms with Gasteiger partial charge < -0.3 is 0 Å². The lowest BCUT2D eigenvalue weighted by atomic mass is 10.3. The molecule has 0 amide bonds. The van der Waals surface area contributed by atoms with Gasteiger partial charge in [0, 0.05) is 5.92 Å². The lowest BCUT2D eigenvalue weighted by molar-refractivity contribution is 0.980. The summed E-state index contributed by atoms with van der Waals surface area (Å²) in [5.74, 6) is 1.33. The fraction of sp³-hybridized carbons (Fsp3) is 0.273. The van der Waals surface area contributed by atoms with Crippen molar-refractivity contribution >= 4 is 61.5 Å². The van der Waals surface area contributed by atoms with Crippen LogP contribution in [0, 0.1) is 3.57 Å². The van der Waals surface area contributed by atoms with E-state index in [0.717, 1.165) is 23.8 Å². The van der Waals surface area contributed by atoms with Crippen LogP contribution in [0.25, 0.3) is 10.7 Å². The molecular weight excluding hydrogens is 434 g/mol. The van der Waals surface area contributed by atoms with Crippen LogP contribution in [0.15, 0.2) is 15.9 Å². The number of aromatic nitrogens is 2. The van der Waals surface area contributed by atoms with Gasteiger partial charge >= 0.3 is 0 Å². The Labute approximate surface area is 130 Å². The van der Waals surface area contributed by atoms with Gasteiger partial charge in [0.1, 0.15) is 5.15 Å². The second-order valence-corrected chi connectivity index (χ2v) is 7.82. The van der Waals surface area contributed by atoms with E-state index in [0.29, 0.717) is 11.1 Å². The maximum atomic E-state index is 6.18. The maximum absolute atomic E-state index is 6.18. The zero-order valence-electron chi connectivity index (χ0n) is 8.58. The van der Waals surface area contributed by atoms with Crippen LogP contribution in [0.2, 0.25) is 5.15 Å². The summed E-state index contributed by atoms with van der Waals surface area (Å²) >= 11 is 13.5. The van der Waals surface area contributed by atoms with Gasteiger partial charge in [-0.3, -0.25) is 0 Å². The molecule has 2 heterocycles. The summed E-state index contributed by atoms with van der Waals surface area (Å²) in [5.41, 5.74) is 1.12. The average Bonchev–Trinajstić information content (AvgIpc) is 3.05. The van der Waals surface area contributed by atoms with E-state index in [1.165, 1.54) is 12.8 Å². The van der Waals surface area contributed by atoms with Crippen molar-refractivity contribution in [3.05, 3.63) is 30.3 Å². The van der Waals surface area contributed by atoms with Crippen molar-refractivity contribution < 1.29 is 0 Å². The van der Waals surface area contributed by atoms with Crippen LogP contribution >= 0.6 is 61.5 Å². The molecular formula is C11H7BrClIN2S. The number of hydrogen-bond acceptors (Lipinski definition) is 3. The van der Waals surface area contributed by atoms with E-state index in [1.807, 2.05) is 12.1 Å². The molecule has 17 heavy (non-hydrogen) atoms. The van der Waals surface area contributed by atoms with Crippen LogP contribution in [-0.4, -0.2) is 9.97 Å². The van der Waals surface area contributed by atoms with Gasteiger partial charge in [-0.1, -0.05) is 11.6 Å². The van der Waals surface area contributed by atoms with Gasteiger partial charge in [-0.25, -0.2) is 9.97 Å². The molecule has 1 aliphatic rings. The fourth-order valence-corrected chi connectivity index (χ4v) is 3.79. The molecule has 2 aromatic heterocycles. The highest BCUT2D eigenvalue weighted by atomic mass is 127. The summed E-state index contributed by atoms with van der Waals surface area (Å²) < 4.78 is 2.09. The van der Waals surface area contributed by atoms with E-state index in [4.69, 9.17) is 11.6 Å². The minimum atomic E-state index is 0.571. The van der Waals surface area contributed by atoms with Gasteiger partial charge in [0.25, 0.3) is 0 Å². The second kappa shape index (κ2) is 4.75. The van der Waals surface area contributed by atoms with Gasteiger partial charge in [-0.05, 0) is 63.5 Å². The molecule has 0 N–H and O–H groups in total. The van der Waals surface area contributed by atoms with Crippen LogP contribution in [0.1, 0.15) is 24.5 Å². The van der Waals surface area contributed by atoms with Crippen molar-refractivity contribution in [2.75, 3.05) is 0 Å². The van der Waals surface area contributed by atoms with E-state index in [1.54, 1.807) is 11.3 Å². The smallest absolute Gasteiger partial charge is 0.171 e. The molecule has 0 bridgehead atoms. The number of hydrogen-bond donors (Lipinski definition) is 0. The zero-order chi connectivity index (χ0) is 12.0. The molecule has 0 aliphatic heterocycles. The predicted octanol–water partition coefficient (Wildman–Crippen LogP) is 5.10. The van der Waals surface area contributed by atoms with Crippen molar-refractivity contribution in [3.63, 3.8) is 0 Å². The Morgan fingerprint density at radius 1 is 1.35 bits per heavy atom. The molecule has 0 saturated heterocycles. The second-order valence-electron chi connectivity index (χ2n) is 3.92. The van der Waals surface area contributed by atoms with Gasteiger partial charge in [-0.2, -0.15) is 0 Å². The van der Waals surface area contributed by atoms with Gasteiger partial charge in [-0.15, -0.1) is 11.3 Å². The van der Waals surface area contributed by atoms with Gasteiger partial charge in [0.15, 0.2) is 5.82 Å².